The number of fused-ring (bicyclic) bond motifs is 1. The summed E-state index contributed by atoms with van der Waals surface area (Å²) < 4.78 is 6.23. The lowest BCUT2D eigenvalue weighted by molar-refractivity contribution is 0.444. The van der Waals surface area contributed by atoms with Gasteiger partial charge in [0.05, 0.1) is 22.3 Å². The fourth-order valence-corrected chi connectivity index (χ4v) is 3.79. The summed E-state index contributed by atoms with van der Waals surface area (Å²) in [5.41, 5.74) is 9.35. The van der Waals surface area contributed by atoms with E-state index < -0.39 is 0 Å². The highest BCUT2D eigenvalue weighted by Crippen LogP contribution is 2.44. The zero-order chi connectivity index (χ0) is 19.4. The Balaban J connectivity index is 1.47. The largest absolute Gasteiger partial charge is 0.454 e. The van der Waals surface area contributed by atoms with E-state index in [-0.39, 0.29) is 5.95 Å². The van der Waals surface area contributed by atoms with Gasteiger partial charge in [-0.15, -0.1) is 0 Å². The first-order valence-electron chi connectivity index (χ1n) is 9.70. The number of ether oxygens (including phenoxy) is 1. The molecular weight excluding hydrogens is 366 g/mol. The summed E-state index contributed by atoms with van der Waals surface area (Å²) in [6.07, 6.45) is 3.57. The van der Waals surface area contributed by atoms with E-state index >= 15 is 0 Å². The fourth-order valence-electron chi connectivity index (χ4n) is 3.79. The third-order valence-corrected chi connectivity index (χ3v) is 5.48. The van der Waals surface area contributed by atoms with Crippen molar-refractivity contribution in [2.75, 3.05) is 16.4 Å². The van der Waals surface area contributed by atoms with Crippen LogP contribution in [0.1, 0.15) is 19.3 Å². The van der Waals surface area contributed by atoms with Gasteiger partial charge in [0.25, 0.3) is 0 Å². The van der Waals surface area contributed by atoms with Crippen LogP contribution in [-0.2, 0) is 0 Å². The van der Waals surface area contributed by atoms with Crippen molar-refractivity contribution in [3.8, 4) is 22.8 Å². The van der Waals surface area contributed by atoms with Gasteiger partial charge in [0.1, 0.15) is 11.6 Å². The lowest BCUT2D eigenvalue weighted by Crippen LogP contribution is -2.27. The summed E-state index contributed by atoms with van der Waals surface area (Å²) in [5, 5.41) is 15.2. The average molecular weight is 385 g/mol. The van der Waals surface area contributed by atoms with E-state index in [1.807, 2.05) is 42.5 Å². The molecule has 0 bridgehead atoms. The lowest BCUT2D eigenvalue weighted by atomic mass is 9.93. The van der Waals surface area contributed by atoms with E-state index in [9.17, 15) is 0 Å². The number of anilines is 4. The zero-order valence-electron chi connectivity index (χ0n) is 15.6. The van der Waals surface area contributed by atoms with Crippen LogP contribution in [0.5, 0.6) is 11.5 Å². The van der Waals surface area contributed by atoms with E-state index in [0.29, 0.717) is 11.8 Å². The molecule has 1 aliphatic heterocycles. The van der Waals surface area contributed by atoms with Crippen molar-refractivity contribution in [3.63, 3.8) is 0 Å². The van der Waals surface area contributed by atoms with Crippen molar-refractivity contribution >= 4 is 34.2 Å². The number of aromatic amines is 1. The molecule has 1 fully saturated rings. The number of para-hydroxylation sites is 2. The molecule has 1 aliphatic carbocycles. The molecule has 0 saturated heterocycles. The number of nitrogens with zero attached hydrogens (tertiary/aromatic N) is 3. The first kappa shape index (κ1) is 16.2. The van der Waals surface area contributed by atoms with Crippen LogP contribution in [0, 0.1) is 0 Å². The Labute approximate surface area is 166 Å². The second-order valence-corrected chi connectivity index (χ2v) is 7.46. The third-order valence-electron chi connectivity index (χ3n) is 5.48. The number of nitrogens with one attached hydrogen (secondary N) is 3. The summed E-state index contributed by atoms with van der Waals surface area (Å²) in [5.74, 6) is 3.19. The average Bonchev–Trinajstić information content (AvgIpc) is 3.00. The molecule has 3 heterocycles. The molecule has 0 amide bonds. The Morgan fingerprint density at radius 1 is 1.07 bits per heavy atom. The first-order valence-corrected chi connectivity index (χ1v) is 9.70. The molecule has 8 nitrogen and oxygen atoms in total. The van der Waals surface area contributed by atoms with E-state index in [1.165, 1.54) is 6.42 Å². The van der Waals surface area contributed by atoms with Gasteiger partial charge >= 0.3 is 0 Å². The molecule has 144 valence electrons. The van der Waals surface area contributed by atoms with E-state index in [4.69, 9.17) is 10.5 Å². The molecule has 8 heteroatoms. The first-order chi connectivity index (χ1) is 14.2. The second kappa shape index (κ2) is 6.10. The van der Waals surface area contributed by atoms with Gasteiger partial charge in [-0.1, -0.05) is 12.1 Å². The summed E-state index contributed by atoms with van der Waals surface area (Å²) >= 11 is 0. The molecule has 2 aliphatic rings. The SMILES string of the molecule is Nc1nc(NC2CCC2)cc(-c2cc3c4c(n[nH]c4c2)Nc2ccccc2O3)n1. The molecular formula is C21H19N7O. The van der Waals surface area contributed by atoms with Crippen LogP contribution in [0.3, 0.4) is 0 Å². The smallest absolute Gasteiger partial charge is 0.222 e. The Hall–Kier alpha value is -3.81. The van der Waals surface area contributed by atoms with Crippen molar-refractivity contribution in [1.82, 2.24) is 20.2 Å². The molecule has 4 aromatic rings. The summed E-state index contributed by atoms with van der Waals surface area (Å²) in [7, 11) is 0. The van der Waals surface area contributed by atoms with Gasteiger partial charge in [-0.3, -0.25) is 5.10 Å². The maximum Gasteiger partial charge on any atom is 0.222 e. The minimum atomic E-state index is 0.244. The molecule has 2 aromatic carbocycles. The fraction of sp³-hybridized carbons (Fsp3) is 0.190. The van der Waals surface area contributed by atoms with Gasteiger partial charge in [0.15, 0.2) is 11.6 Å². The highest BCUT2D eigenvalue weighted by molar-refractivity contribution is 6.00. The topological polar surface area (TPSA) is 114 Å². The van der Waals surface area contributed by atoms with Gasteiger partial charge in [0.2, 0.25) is 5.95 Å². The van der Waals surface area contributed by atoms with Crippen LogP contribution in [0.4, 0.5) is 23.3 Å². The Morgan fingerprint density at radius 3 is 2.83 bits per heavy atom. The predicted octanol–water partition coefficient (Wildman–Crippen LogP) is 4.42. The molecule has 0 atom stereocenters. The van der Waals surface area contributed by atoms with Crippen molar-refractivity contribution < 1.29 is 4.74 Å². The van der Waals surface area contributed by atoms with Crippen molar-refractivity contribution in [1.29, 1.82) is 0 Å². The number of hydrogen-bond donors (Lipinski definition) is 4. The van der Waals surface area contributed by atoms with Gasteiger partial charge in [0, 0.05) is 17.7 Å². The van der Waals surface area contributed by atoms with Gasteiger partial charge in [-0.25, -0.2) is 4.98 Å². The van der Waals surface area contributed by atoms with Crippen LogP contribution >= 0.6 is 0 Å². The van der Waals surface area contributed by atoms with E-state index in [0.717, 1.165) is 58.1 Å². The standard InChI is InChI=1S/C21H19N7O/c22-21-25-14(10-18(26-21)23-12-4-3-5-12)11-8-15-19-17(9-11)29-16-7-2-1-6-13(16)24-20(19)28-27-15/h1-2,6-10,12H,3-5H2,(H2,24,27,28)(H3,22,23,25,26). The highest BCUT2D eigenvalue weighted by Gasteiger charge is 2.22. The van der Waals surface area contributed by atoms with Gasteiger partial charge in [-0.2, -0.15) is 10.1 Å². The number of nitrogen functional groups attached to an aromatic ring is 1. The molecule has 0 spiro atoms. The number of H-pyrrole nitrogens is 1. The maximum atomic E-state index is 6.23. The summed E-state index contributed by atoms with van der Waals surface area (Å²) in [4.78, 5) is 8.79. The van der Waals surface area contributed by atoms with Crippen LogP contribution in [0.2, 0.25) is 0 Å². The Kier molecular flexibility index (Phi) is 3.40. The van der Waals surface area contributed by atoms with Crippen molar-refractivity contribution in [3.05, 3.63) is 42.5 Å². The molecule has 1 saturated carbocycles. The minimum Gasteiger partial charge on any atom is -0.454 e. The van der Waals surface area contributed by atoms with Crippen molar-refractivity contribution in [2.45, 2.75) is 25.3 Å². The lowest BCUT2D eigenvalue weighted by Gasteiger charge is -2.27. The maximum absolute atomic E-state index is 6.23. The number of rotatable bonds is 3. The molecule has 0 unspecified atom stereocenters. The van der Waals surface area contributed by atoms with Crippen LogP contribution in [0.15, 0.2) is 42.5 Å². The monoisotopic (exact) mass is 385 g/mol. The number of nitrogens with two attached hydrogens (primary N) is 1. The number of benzene rings is 2. The highest BCUT2D eigenvalue weighted by atomic mass is 16.5. The quantitative estimate of drug-likeness (QED) is 0.363. The zero-order valence-corrected chi connectivity index (χ0v) is 15.6. The Bertz CT molecular complexity index is 1250. The molecule has 0 radical (unpaired) electrons. The van der Waals surface area contributed by atoms with Crippen LogP contribution in [-0.4, -0.2) is 26.2 Å². The normalized spacial score (nSPS) is 15.0. The second-order valence-electron chi connectivity index (χ2n) is 7.46. The minimum absolute atomic E-state index is 0.244. The van der Waals surface area contributed by atoms with Crippen LogP contribution in [0.25, 0.3) is 22.2 Å². The molecule has 6 rings (SSSR count). The molecule has 2 aromatic heterocycles. The number of aromatic nitrogens is 4. The number of hydrogen-bond acceptors (Lipinski definition) is 7. The van der Waals surface area contributed by atoms with Gasteiger partial charge in [-0.05, 0) is 43.5 Å². The predicted molar refractivity (Wildman–Crippen MR) is 113 cm³/mol. The van der Waals surface area contributed by atoms with Gasteiger partial charge < -0.3 is 21.1 Å². The van der Waals surface area contributed by atoms with Crippen molar-refractivity contribution in [2.24, 2.45) is 0 Å². The molecule has 29 heavy (non-hydrogen) atoms. The Morgan fingerprint density at radius 2 is 1.97 bits per heavy atom. The van der Waals surface area contributed by atoms with E-state index in [1.54, 1.807) is 0 Å². The molecule has 5 N–H and O–H groups in total. The van der Waals surface area contributed by atoms with Crippen LogP contribution < -0.4 is 21.1 Å². The summed E-state index contributed by atoms with van der Waals surface area (Å²) in [6, 6.07) is 14.2. The summed E-state index contributed by atoms with van der Waals surface area (Å²) in [6.45, 7) is 0. The van der Waals surface area contributed by atoms with E-state index in [2.05, 4.69) is 30.8 Å². The third kappa shape index (κ3) is 2.72.